The molecule has 1 aromatic carbocycles. The summed E-state index contributed by atoms with van der Waals surface area (Å²) in [6.07, 6.45) is 1.16. The Bertz CT molecular complexity index is 492. The highest BCUT2D eigenvalue weighted by atomic mass is 32.1. The van der Waals surface area contributed by atoms with Crippen molar-refractivity contribution < 1.29 is 4.39 Å². The van der Waals surface area contributed by atoms with Crippen LogP contribution in [0.1, 0.15) is 24.5 Å². The third-order valence-corrected chi connectivity index (χ3v) is 4.09. The van der Waals surface area contributed by atoms with Gasteiger partial charge in [0.15, 0.2) is 0 Å². The van der Waals surface area contributed by atoms with E-state index in [4.69, 9.17) is 18.0 Å². The highest BCUT2D eigenvalue weighted by Gasteiger charge is 2.20. The predicted molar refractivity (Wildman–Crippen MR) is 84.3 cm³/mol. The summed E-state index contributed by atoms with van der Waals surface area (Å²) in [6, 6.07) is 5.54. The zero-order chi connectivity index (χ0) is 14.7. The first-order chi connectivity index (χ1) is 9.47. The van der Waals surface area contributed by atoms with Crippen molar-refractivity contribution in [2.45, 2.75) is 25.9 Å². The minimum atomic E-state index is -0.343. The molecule has 0 saturated carbocycles. The Labute approximate surface area is 125 Å². The fourth-order valence-corrected chi connectivity index (χ4v) is 2.91. The number of nitrogens with two attached hydrogens (primary N) is 1. The number of halogens is 1. The molecule has 1 atom stereocenters. The molecule has 0 aromatic heterocycles. The van der Waals surface area contributed by atoms with Crippen LogP contribution < -0.4 is 5.73 Å². The minimum Gasteiger partial charge on any atom is -0.389 e. The molecule has 1 aromatic rings. The van der Waals surface area contributed by atoms with Gasteiger partial charge in [0.25, 0.3) is 0 Å². The van der Waals surface area contributed by atoms with Crippen LogP contribution in [0.3, 0.4) is 0 Å². The quantitative estimate of drug-likeness (QED) is 0.865. The van der Waals surface area contributed by atoms with E-state index in [9.17, 15) is 4.39 Å². The van der Waals surface area contributed by atoms with E-state index in [0.29, 0.717) is 11.6 Å². The van der Waals surface area contributed by atoms with Crippen LogP contribution in [0.15, 0.2) is 18.2 Å². The monoisotopic (exact) mass is 295 g/mol. The van der Waals surface area contributed by atoms with Crippen LogP contribution in [0.25, 0.3) is 0 Å². The van der Waals surface area contributed by atoms with Gasteiger partial charge in [0.05, 0.1) is 0 Å². The molecule has 2 N–H and O–H groups in total. The van der Waals surface area contributed by atoms with E-state index < -0.39 is 0 Å². The number of likely N-dealkylation sites (N-methyl/N-ethyl adjacent to an activating group) is 1. The second-order valence-electron chi connectivity index (χ2n) is 5.61. The van der Waals surface area contributed by atoms with E-state index in [1.807, 2.05) is 6.07 Å². The van der Waals surface area contributed by atoms with Crippen molar-refractivity contribution in [1.29, 1.82) is 0 Å². The summed E-state index contributed by atoms with van der Waals surface area (Å²) in [5.41, 5.74) is 6.96. The van der Waals surface area contributed by atoms with Crippen LogP contribution >= 0.6 is 12.2 Å². The van der Waals surface area contributed by atoms with Gasteiger partial charge in [-0.1, -0.05) is 18.3 Å². The third-order valence-electron chi connectivity index (χ3n) is 3.87. The maximum absolute atomic E-state index is 13.6. The first-order valence-electron chi connectivity index (χ1n) is 6.98. The maximum atomic E-state index is 13.6. The molecule has 1 unspecified atom stereocenters. The fraction of sp³-hybridized carbons (Fsp3) is 0.533. The number of nitrogens with zero attached hydrogens (tertiary/aromatic N) is 2. The molecule has 1 fully saturated rings. The van der Waals surface area contributed by atoms with Crippen molar-refractivity contribution >= 4 is 17.2 Å². The van der Waals surface area contributed by atoms with Crippen LogP contribution in [0.2, 0.25) is 0 Å². The molecule has 2 rings (SSSR count). The molecule has 3 nitrogen and oxygen atoms in total. The van der Waals surface area contributed by atoms with E-state index in [2.05, 4.69) is 23.8 Å². The van der Waals surface area contributed by atoms with E-state index in [1.165, 1.54) is 6.07 Å². The van der Waals surface area contributed by atoms with Gasteiger partial charge in [-0.2, -0.15) is 0 Å². The van der Waals surface area contributed by atoms with Crippen LogP contribution in [-0.2, 0) is 6.54 Å². The normalized spacial score (nSPS) is 21.6. The first kappa shape index (κ1) is 15.4. The Morgan fingerprint density at radius 1 is 1.45 bits per heavy atom. The zero-order valence-electron chi connectivity index (χ0n) is 12.1. The van der Waals surface area contributed by atoms with Crippen LogP contribution in [0.4, 0.5) is 4.39 Å². The van der Waals surface area contributed by atoms with Crippen molar-refractivity contribution in [2.75, 3.05) is 26.7 Å². The molecule has 0 aliphatic carbocycles. The number of benzene rings is 1. The largest absolute Gasteiger partial charge is 0.389 e. The van der Waals surface area contributed by atoms with Gasteiger partial charge >= 0.3 is 0 Å². The standard InChI is InChI=1S/C15H22FN3S/c1-11-9-18(2)6-3-7-19(11)10-12-4-5-14(16)13(8-12)15(17)20/h4-5,8,11H,3,6-7,9-10H2,1-2H3,(H2,17,20). The Balaban J connectivity index is 2.13. The van der Waals surface area contributed by atoms with Crippen molar-refractivity contribution in [3.05, 3.63) is 35.1 Å². The van der Waals surface area contributed by atoms with E-state index >= 15 is 0 Å². The van der Waals surface area contributed by atoms with Crippen molar-refractivity contribution in [2.24, 2.45) is 5.73 Å². The molecule has 0 bridgehead atoms. The topological polar surface area (TPSA) is 32.5 Å². The summed E-state index contributed by atoms with van der Waals surface area (Å²) < 4.78 is 13.6. The highest BCUT2D eigenvalue weighted by molar-refractivity contribution is 7.80. The van der Waals surface area contributed by atoms with E-state index in [-0.39, 0.29) is 10.8 Å². The van der Waals surface area contributed by atoms with Gasteiger partial charge in [-0.05, 0) is 44.6 Å². The zero-order valence-corrected chi connectivity index (χ0v) is 12.9. The lowest BCUT2D eigenvalue weighted by molar-refractivity contribution is 0.194. The number of rotatable bonds is 3. The Morgan fingerprint density at radius 2 is 2.20 bits per heavy atom. The van der Waals surface area contributed by atoms with Gasteiger partial charge < -0.3 is 10.6 Å². The molecule has 110 valence electrons. The molecule has 20 heavy (non-hydrogen) atoms. The van der Waals surface area contributed by atoms with Gasteiger partial charge in [-0.15, -0.1) is 0 Å². The molecule has 1 aliphatic rings. The van der Waals surface area contributed by atoms with Crippen molar-refractivity contribution in [1.82, 2.24) is 9.80 Å². The molecule has 1 saturated heterocycles. The molecule has 1 aliphatic heterocycles. The van der Waals surface area contributed by atoms with Gasteiger partial charge in [-0.3, -0.25) is 4.90 Å². The average Bonchev–Trinajstić information content (AvgIpc) is 2.53. The summed E-state index contributed by atoms with van der Waals surface area (Å²) in [5.74, 6) is -0.343. The van der Waals surface area contributed by atoms with E-state index in [1.54, 1.807) is 6.07 Å². The molecular formula is C15H22FN3S. The summed E-state index contributed by atoms with van der Waals surface area (Å²) in [6.45, 7) is 6.29. The summed E-state index contributed by atoms with van der Waals surface area (Å²) >= 11 is 4.89. The lowest BCUT2D eigenvalue weighted by Gasteiger charge is -2.28. The van der Waals surface area contributed by atoms with Gasteiger partial charge in [0, 0.05) is 31.2 Å². The van der Waals surface area contributed by atoms with Crippen molar-refractivity contribution in [3.8, 4) is 0 Å². The molecule has 0 spiro atoms. The van der Waals surface area contributed by atoms with Crippen LogP contribution in [-0.4, -0.2) is 47.5 Å². The molecular weight excluding hydrogens is 273 g/mol. The predicted octanol–water partition coefficient (Wildman–Crippen LogP) is 1.99. The molecule has 5 heteroatoms. The third kappa shape index (κ3) is 3.75. The second-order valence-corrected chi connectivity index (χ2v) is 6.05. The first-order valence-corrected chi connectivity index (χ1v) is 7.39. The summed E-state index contributed by atoms with van der Waals surface area (Å²) in [4.78, 5) is 4.91. The Kier molecular flexibility index (Phi) is 5.07. The minimum absolute atomic E-state index is 0.119. The van der Waals surface area contributed by atoms with Gasteiger partial charge in [0.1, 0.15) is 10.8 Å². The SMILES string of the molecule is CC1CN(C)CCCN1Cc1ccc(F)c(C(N)=S)c1. The highest BCUT2D eigenvalue weighted by Crippen LogP contribution is 2.16. The van der Waals surface area contributed by atoms with Gasteiger partial charge in [0.2, 0.25) is 0 Å². The molecule has 1 heterocycles. The van der Waals surface area contributed by atoms with Gasteiger partial charge in [-0.25, -0.2) is 4.39 Å². The Morgan fingerprint density at radius 3 is 2.90 bits per heavy atom. The lowest BCUT2D eigenvalue weighted by atomic mass is 10.1. The second kappa shape index (κ2) is 6.61. The number of hydrogen-bond donors (Lipinski definition) is 1. The molecule has 0 radical (unpaired) electrons. The smallest absolute Gasteiger partial charge is 0.133 e. The van der Waals surface area contributed by atoms with Crippen molar-refractivity contribution in [3.63, 3.8) is 0 Å². The number of thiocarbonyl (C=S) groups is 1. The van der Waals surface area contributed by atoms with E-state index in [0.717, 1.165) is 38.2 Å². The maximum Gasteiger partial charge on any atom is 0.133 e. The number of hydrogen-bond acceptors (Lipinski definition) is 3. The average molecular weight is 295 g/mol. The lowest BCUT2D eigenvalue weighted by Crippen LogP contribution is -2.37. The Hall–Kier alpha value is -1.04. The summed E-state index contributed by atoms with van der Waals surface area (Å²) in [5, 5.41) is 0. The molecule has 0 amide bonds. The summed E-state index contributed by atoms with van der Waals surface area (Å²) in [7, 11) is 2.16. The van der Waals surface area contributed by atoms with Crippen LogP contribution in [0, 0.1) is 5.82 Å². The van der Waals surface area contributed by atoms with Crippen LogP contribution in [0.5, 0.6) is 0 Å². The fourth-order valence-electron chi connectivity index (χ4n) is 2.75.